The summed E-state index contributed by atoms with van der Waals surface area (Å²) in [6, 6.07) is 0. The van der Waals surface area contributed by atoms with Crippen LogP contribution in [0.2, 0.25) is 0 Å². The number of ketones is 1. The Morgan fingerprint density at radius 1 is 1.42 bits per heavy atom. The maximum atomic E-state index is 11.6. The van der Waals surface area contributed by atoms with Crippen molar-refractivity contribution in [2.45, 2.75) is 52.1 Å². The number of aliphatic hydroxyl groups excluding tert-OH is 1. The Hall–Kier alpha value is -0.370. The fourth-order valence-electron chi connectivity index (χ4n) is 1.82. The molecule has 0 spiro atoms. The van der Waals surface area contributed by atoms with Gasteiger partial charge < -0.3 is 5.11 Å². The fourth-order valence-corrected chi connectivity index (χ4v) is 1.82. The van der Waals surface area contributed by atoms with Crippen molar-refractivity contribution in [3.8, 4) is 0 Å². The van der Waals surface area contributed by atoms with Crippen molar-refractivity contribution in [3.05, 3.63) is 0 Å². The minimum atomic E-state index is -0.497. The third-order valence-electron chi connectivity index (χ3n) is 3.16. The second-order valence-corrected chi connectivity index (χ2v) is 4.08. The molecule has 1 saturated carbocycles. The zero-order valence-corrected chi connectivity index (χ0v) is 7.97. The van der Waals surface area contributed by atoms with E-state index in [2.05, 4.69) is 0 Å². The van der Waals surface area contributed by atoms with Crippen LogP contribution in [0.1, 0.15) is 46.0 Å². The average Bonchev–Trinajstić information content (AvgIpc) is 2.16. The zero-order valence-electron chi connectivity index (χ0n) is 7.97. The van der Waals surface area contributed by atoms with Crippen LogP contribution in [0.15, 0.2) is 0 Å². The molecule has 1 aliphatic carbocycles. The number of Topliss-reactive ketones (excluding diaryl/α,β-unsaturated/α-hetero) is 1. The molecule has 2 nitrogen and oxygen atoms in total. The van der Waals surface area contributed by atoms with Gasteiger partial charge in [-0.25, -0.2) is 0 Å². The molecule has 0 aliphatic heterocycles. The first-order chi connectivity index (χ1) is 5.57. The van der Waals surface area contributed by atoms with Crippen LogP contribution < -0.4 is 0 Å². The summed E-state index contributed by atoms with van der Waals surface area (Å²) in [5.41, 5.74) is -0.462. The van der Waals surface area contributed by atoms with Gasteiger partial charge in [0.2, 0.25) is 0 Å². The molecule has 0 aromatic rings. The lowest BCUT2D eigenvalue weighted by Gasteiger charge is -2.29. The summed E-state index contributed by atoms with van der Waals surface area (Å²) in [4.78, 5) is 11.6. The first-order valence-corrected chi connectivity index (χ1v) is 4.79. The molecule has 1 rings (SSSR count). The van der Waals surface area contributed by atoms with Crippen LogP contribution in [-0.2, 0) is 4.79 Å². The van der Waals surface area contributed by atoms with E-state index in [0.717, 1.165) is 25.7 Å². The summed E-state index contributed by atoms with van der Waals surface area (Å²) in [7, 11) is 0. The van der Waals surface area contributed by atoms with E-state index in [-0.39, 0.29) is 5.78 Å². The van der Waals surface area contributed by atoms with E-state index in [1.165, 1.54) is 0 Å². The van der Waals surface area contributed by atoms with Crippen molar-refractivity contribution in [2.24, 2.45) is 5.41 Å². The Labute approximate surface area is 74.0 Å². The van der Waals surface area contributed by atoms with E-state index < -0.39 is 11.5 Å². The third kappa shape index (κ3) is 1.69. The van der Waals surface area contributed by atoms with Crippen LogP contribution in [0.3, 0.4) is 0 Å². The zero-order chi connectivity index (χ0) is 9.19. The molecule has 0 amide bonds. The smallest absolute Gasteiger partial charge is 0.141 e. The Morgan fingerprint density at radius 2 is 2.08 bits per heavy atom. The second-order valence-electron chi connectivity index (χ2n) is 4.08. The van der Waals surface area contributed by atoms with Gasteiger partial charge in [-0.05, 0) is 19.8 Å². The molecule has 0 radical (unpaired) electrons. The van der Waals surface area contributed by atoms with Gasteiger partial charge in [0.05, 0.1) is 11.5 Å². The van der Waals surface area contributed by atoms with Gasteiger partial charge in [-0.1, -0.05) is 19.8 Å². The van der Waals surface area contributed by atoms with E-state index >= 15 is 0 Å². The maximum Gasteiger partial charge on any atom is 0.141 e. The quantitative estimate of drug-likeness (QED) is 0.610. The summed E-state index contributed by atoms with van der Waals surface area (Å²) >= 11 is 0. The van der Waals surface area contributed by atoms with Crippen molar-refractivity contribution < 1.29 is 9.90 Å². The Kier molecular flexibility index (Phi) is 2.89. The van der Waals surface area contributed by atoms with Gasteiger partial charge >= 0.3 is 0 Å². The highest BCUT2D eigenvalue weighted by Gasteiger charge is 2.37. The third-order valence-corrected chi connectivity index (χ3v) is 3.16. The summed E-state index contributed by atoms with van der Waals surface area (Å²) in [5.74, 6) is 0.245. The van der Waals surface area contributed by atoms with Gasteiger partial charge in [0.15, 0.2) is 0 Å². The Morgan fingerprint density at radius 3 is 2.67 bits per heavy atom. The lowest BCUT2D eigenvalue weighted by atomic mass is 9.77. The van der Waals surface area contributed by atoms with Crippen LogP contribution in [-0.4, -0.2) is 17.0 Å². The summed E-state index contributed by atoms with van der Waals surface area (Å²) < 4.78 is 0. The minimum absolute atomic E-state index is 0.245. The van der Waals surface area contributed by atoms with Gasteiger partial charge in [-0.15, -0.1) is 0 Å². The number of rotatable bonds is 1. The SMILES string of the molecule is C[C@@H](O)[C@]1(C)CCCCCC1=O. The number of hydrogen-bond donors (Lipinski definition) is 1. The van der Waals surface area contributed by atoms with E-state index in [1.54, 1.807) is 6.92 Å². The minimum Gasteiger partial charge on any atom is -0.392 e. The van der Waals surface area contributed by atoms with Crippen molar-refractivity contribution in [1.82, 2.24) is 0 Å². The van der Waals surface area contributed by atoms with Crippen molar-refractivity contribution in [2.75, 3.05) is 0 Å². The predicted octanol–water partition coefficient (Wildman–Crippen LogP) is 1.91. The summed E-state index contributed by atoms with van der Waals surface area (Å²) in [6.07, 6.45) is 4.22. The average molecular weight is 170 g/mol. The molecule has 2 heteroatoms. The molecule has 12 heavy (non-hydrogen) atoms. The number of carbonyl (C=O) groups is 1. The normalized spacial score (nSPS) is 34.4. The van der Waals surface area contributed by atoms with Crippen LogP contribution in [0.4, 0.5) is 0 Å². The predicted molar refractivity (Wildman–Crippen MR) is 47.9 cm³/mol. The standard InChI is InChI=1S/C10H18O2/c1-8(11)10(2)7-5-3-4-6-9(10)12/h8,11H,3-7H2,1-2H3/t8-,10+/m1/s1. The van der Waals surface area contributed by atoms with Gasteiger partial charge in [0, 0.05) is 6.42 Å². The van der Waals surface area contributed by atoms with Gasteiger partial charge in [-0.3, -0.25) is 4.79 Å². The second kappa shape index (κ2) is 3.56. The van der Waals surface area contributed by atoms with Crippen LogP contribution >= 0.6 is 0 Å². The van der Waals surface area contributed by atoms with Crippen molar-refractivity contribution >= 4 is 5.78 Å². The monoisotopic (exact) mass is 170 g/mol. The van der Waals surface area contributed by atoms with Crippen LogP contribution in [0.25, 0.3) is 0 Å². The van der Waals surface area contributed by atoms with E-state index in [0.29, 0.717) is 6.42 Å². The molecular weight excluding hydrogens is 152 g/mol. The van der Waals surface area contributed by atoms with Crippen LogP contribution in [0, 0.1) is 5.41 Å². The summed E-state index contributed by atoms with van der Waals surface area (Å²) in [5, 5.41) is 9.51. The molecule has 70 valence electrons. The lowest BCUT2D eigenvalue weighted by Crippen LogP contribution is -2.37. The number of carbonyl (C=O) groups excluding carboxylic acids is 1. The van der Waals surface area contributed by atoms with Gasteiger partial charge in [0.25, 0.3) is 0 Å². The molecule has 0 aromatic carbocycles. The Balaban J connectivity index is 2.76. The lowest BCUT2D eigenvalue weighted by molar-refractivity contribution is -0.133. The molecule has 0 unspecified atom stereocenters. The largest absolute Gasteiger partial charge is 0.392 e. The van der Waals surface area contributed by atoms with Gasteiger partial charge in [0.1, 0.15) is 5.78 Å². The first kappa shape index (κ1) is 9.72. The Bertz CT molecular complexity index is 175. The molecule has 1 fully saturated rings. The fraction of sp³-hybridized carbons (Fsp3) is 0.900. The van der Waals surface area contributed by atoms with Crippen LogP contribution in [0.5, 0.6) is 0 Å². The van der Waals surface area contributed by atoms with Gasteiger partial charge in [-0.2, -0.15) is 0 Å². The molecule has 0 heterocycles. The molecule has 0 saturated heterocycles. The molecule has 2 atom stereocenters. The number of aliphatic hydroxyl groups is 1. The first-order valence-electron chi connectivity index (χ1n) is 4.79. The summed E-state index contributed by atoms with van der Waals surface area (Å²) in [6.45, 7) is 3.62. The number of hydrogen-bond acceptors (Lipinski definition) is 2. The highest BCUT2D eigenvalue weighted by atomic mass is 16.3. The van der Waals surface area contributed by atoms with E-state index in [1.807, 2.05) is 6.92 Å². The topological polar surface area (TPSA) is 37.3 Å². The molecular formula is C10H18O2. The molecule has 1 N–H and O–H groups in total. The molecule has 1 aliphatic rings. The highest BCUT2D eigenvalue weighted by molar-refractivity contribution is 5.85. The van der Waals surface area contributed by atoms with Crippen molar-refractivity contribution in [1.29, 1.82) is 0 Å². The molecule has 0 aromatic heterocycles. The van der Waals surface area contributed by atoms with E-state index in [4.69, 9.17) is 0 Å². The molecule has 0 bridgehead atoms. The highest BCUT2D eigenvalue weighted by Crippen LogP contribution is 2.34. The van der Waals surface area contributed by atoms with E-state index in [9.17, 15) is 9.90 Å². The maximum absolute atomic E-state index is 11.6. The van der Waals surface area contributed by atoms with Crippen molar-refractivity contribution in [3.63, 3.8) is 0 Å².